The summed E-state index contributed by atoms with van der Waals surface area (Å²) in [5.74, 6) is 0.460. The third kappa shape index (κ3) is 2.62. The Balaban J connectivity index is 2.21. The molecule has 0 spiro atoms. The van der Waals surface area contributed by atoms with Crippen molar-refractivity contribution < 1.29 is 14.1 Å². The predicted octanol–water partition coefficient (Wildman–Crippen LogP) is 0.999. The molecule has 1 aromatic heterocycles. The Morgan fingerprint density at radius 1 is 1.37 bits per heavy atom. The lowest BCUT2D eigenvalue weighted by Gasteiger charge is -2.37. The summed E-state index contributed by atoms with van der Waals surface area (Å²) in [5, 5.41) is 6.56. The van der Waals surface area contributed by atoms with Gasteiger partial charge in [-0.1, -0.05) is 19.0 Å². The summed E-state index contributed by atoms with van der Waals surface area (Å²) in [7, 11) is 0. The molecule has 0 saturated carbocycles. The van der Waals surface area contributed by atoms with Gasteiger partial charge < -0.3 is 14.7 Å². The largest absolute Gasteiger partial charge is 0.359 e. The van der Waals surface area contributed by atoms with Crippen molar-refractivity contribution in [3.63, 3.8) is 0 Å². The second-order valence-corrected chi connectivity index (χ2v) is 4.79. The van der Waals surface area contributed by atoms with Crippen LogP contribution in [0.4, 0.5) is 0 Å². The topological polar surface area (TPSA) is 75.4 Å². The van der Waals surface area contributed by atoms with Crippen LogP contribution < -0.4 is 5.32 Å². The van der Waals surface area contributed by atoms with Gasteiger partial charge in [-0.25, -0.2) is 0 Å². The van der Waals surface area contributed by atoms with Crippen molar-refractivity contribution in [2.75, 3.05) is 0 Å². The maximum Gasteiger partial charge on any atom is 0.246 e. The fourth-order valence-electron chi connectivity index (χ4n) is 2.35. The van der Waals surface area contributed by atoms with E-state index in [0.29, 0.717) is 25.1 Å². The van der Waals surface area contributed by atoms with Crippen molar-refractivity contribution >= 4 is 11.8 Å². The Hall–Kier alpha value is -1.85. The van der Waals surface area contributed by atoms with Crippen LogP contribution in [0.15, 0.2) is 10.6 Å². The quantitative estimate of drug-likeness (QED) is 0.881. The maximum atomic E-state index is 12.3. The lowest BCUT2D eigenvalue weighted by Crippen LogP contribution is -2.62. The number of piperazine rings is 1. The van der Waals surface area contributed by atoms with E-state index in [0.717, 1.165) is 5.69 Å². The molecular weight excluding hydrogens is 246 g/mol. The maximum absolute atomic E-state index is 12.3. The van der Waals surface area contributed by atoms with Crippen LogP contribution in [-0.2, 0) is 16.1 Å². The van der Waals surface area contributed by atoms with Crippen LogP contribution in [-0.4, -0.2) is 34.0 Å². The molecule has 1 fully saturated rings. The Bertz CT molecular complexity index is 483. The van der Waals surface area contributed by atoms with Gasteiger partial charge in [-0.2, -0.15) is 0 Å². The van der Waals surface area contributed by atoms with Crippen molar-refractivity contribution in [1.82, 2.24) is 15.4 Å². The van der Waals surface area contributed by atoms with Crippen LogP contribution in [0.1, 0.15) is 38.1 Å². The molecule has 2 unspecified atom stereocenters. The second kappa shape index (κ2) is 5.42. The first-order chi connectivity index (χ1) is 9.06. The normalized spacial score (nSPS) is 23.6. The first kappa shape index (κ1) is 13.6. The minimum Gasteiger partial charge on any atom is -0.359 e. The van der Waals surface area contributed by atoms with Gasteiger partial charge in [-0.15, -0.1) is 0 Å². The zero-order chi connectivity index (χ0) is 14.0. The summed E-state index contributed by atoms with van der Waals surface area (Å²) in [6.07, 6.45) is 1.17. The number of nitrogens with zero attached hydrogens (tertiary/aromatic N) is 2. The Morgan fingerprint density at radius 3 is 2.63 bits per heavy atom. The van der Waals surface area contributed by atoms with Crippen LogP contribution in [0.2, 0.25) is 0 Å². The summed E-state index contributed by atoms with van der Waals surface area (Å²) in [6.45, 7) is 5.89. The number of hydrogen-bond donors (Lipinski definition) is 1. The van der Waals surface area contributed by atoms with Gasteiger partial charge >= 0.3 is 0 Å². The predicted molar refractivity (Wildman–Crippen MR) is 68.1 cm³/mol. The summed E-state index contributed by atoms with van der Waals surface area (Å²) in [5.41, 5.74) is 0.768. The summed E-state index contributed by atoms with van der Waals surface area (Å²) in [4.78, 5) is 25.9. The van der Waals surface area contributed by atoms with E-state index in [9.17, 15) is 9.59 Å². The molecule has 6 heteroatoms. The van der Waals surface area contributed by atoms with Gasteiger partial charge in [0.1, 0.15) is 12.1 Å². The summed E-state index contributed by atoms with van der Waals surface area (Å²) in [6, 6.07) is 0.924. The molecule has 19 heavy (non-hydrogen) atoms. The number of aryl methyl sites for hydroxylation is 1. The average molecular weight is 265 g/mol. The highest BCUT2D eigenvalue weighted by Crippen LogP contribution is 2.18. The minimum atomic E-state index is -0.431. The van der Waals surface area contributed by atoms with Gasteiger partial charge in [-0.05, 0) is 19.8 Å². The number of nitrogens with one attached hydrogen (secondary N) is 1. The molecule has 0 aliphatic carbocycles. The fourth-order valence-corrected chi connectivity index (χ4v) is 2.35. The molecule has 0 aromatic carbocycles. The third-order valence-corrected chi connectivity index (χ3v) is 3.37. The van der Waals surface area contributed by atoms with Crippen LogP contribution in [0.25, 0.3) is 0 Å². The average Bonchev–Trinajstić information content (AvgIpc) is 2.79. The van der Waals surface area contributed by atoms with E-state index in [1.165, 1.54) is 0 Å². The molecular formula is C13H19N3O3. The van der Waals surface area contributed by atoms with E-state index in [1.54, 1.807) is 11.0 Å². The number of carbonyl (C=O) groups is 2. The van der Waals surface area contributed by atoms with Gasteiger partial charge in [0.25, 0.3) is 0 Å². The van der Waals surface area contributed by atoms with Crippen LogP contribution in [0, 0.1) is 6.92 Å². The number of carbonyl (C=O) groups excluding carboxylic acids is 2. The van der Waals surface area contributed by atoms with E-state index < -0.39 is 12.1 Å². The molecule has 1 N–H and O–H groups in total. The van der Waals surface area contributed by atoms with E-state index in [-0.39, 0.29) is 11.8 Å². The van der Waals surface area contributed by atoms with E-state index in [1.807, 2.05) is 20.8 Å². The van der Waals surface area contributed by atoms with Crippen LogP contribution >= 0.6 is 0 Å². The molecule has 0 bridgehead atoms. The van der Waals surface area contributed by atoms with Gasteiger partial charge in [0.15, 0.2) is 5.76 Å². The number of aromatic nitrogens is 1. The van der Waals surface area contributed by atoms with Gasteiger partial charge in [0.2, 0.25) is 11.8 Å². The lowest BCUT2D eigenvalue weighted by molar-refractivity contribution is -0.150. The lowest BCUT2D eigenvalue weighted by atomic mass is 10.0. The first-order valence-electron chi connectivity index (χ1n) is 6.59. The van der Waals surface area contributed by atoms with E-state index in [2.05, 4.69) is 10.5 Å². The first-order valence-corrected chi connectivity index (χ1v) is 6.59. The van der Waals surface area contributed by atoms with Crippen molar-refractivity contribution in [2.45, 2.75) is 52.2 Å². The highest BCUT2D eigenvalue weighted by molar-refractivity contribution is 5.96. The van der Waals surface area contributed by atoms with Crippen LogP contribution in [0.5, 0.6) is 0 Å². The van der Waals surface area contributed by atoms with E-state index >= 15 is 0 Å². The van der Waals surface area contributed by atoms with Gasteiger partial charge in [-0.3, -0.25) is 9.59 Å². The van der Waals surface area contributed by atoms with Crippen molar-refractivity contribution in [3.05, 3.63) is 17.5 Å². The van der Waals surface area contributed by atoms with Crippen molar-refractivity contribution in [1.29, 1.82) is 0 Å². The molecule has 2 heterocycles. The number of hydrogen-bond acceptors (Lipinski definition) is 4. The fraction of sp³-hybridized carbons (Fsp3) is 0.615. The molecule has 0 radical (unpaired) electrons. The molecule has 1 aliphatic rings. The molecule has 104 valence electrons. The zero-order valence-corrected chi connectivity index (χ0v) is 11.5. The summed E-state index contributed by atoms with van der Waals surface area (Å²) >= 11 is 0. The molecule has 6 nitrogen and oxygen atoms in total. The molecule has 2 atom stereocenters. The van der Waals surface area contributed by atoms with Gasteiger partial charge in [0.05, 0.1) is 12.2 Å². The minimum absolute atomic E-state index is 0.0528. The monoisotopic (exact) mass is 265 g/mol. The Morgan fingerprint density at radius 2 is 2.11 bits per heavy atom. The molecule has 2 amide bonds. The Labute approximate surface area is 112 Å². The van der Waals surface area contributed by atoms with Crippen molar-refractivity contribution in [3.8, 4) is 0 Å². The zero-order valence-electron chi connectivity index (χ0n) is 11.5. The highest BCUT2D eigenvalue weighted by atomic mass is 16.5. The molecule has 1 aromatic rings. The SMILES string of the molecule is CCC1NC(=O)C(CC)N(Cc2cc(C)no2)C1=O. The molecule has 2 rings (SSSR count). The smallest absolute Gasteiger partial charge is 0.246 e. The Kier molecular flexibility index (Phi) is 3.87. The van der Waals surface area contributed by atoms with Gasteiger partial charge in [0, 0.05) is 6.07 Å². The van der Waals surface area contributed by atoms with Crippen molar-refractivity contribution in [2.24, 2.45) is 0 Å². The van der Waals surface area contributed by atoms with E-state index in [4.69, 9.17) is 4.52 Å². The molecule has 1 aliphatic heterocycles. The van der Waals surface area contributed by atoms with Crippen LogP contribution in [0.3, 0.4) is 0 Å². The third-order valence-electron chi connectivity index (χ3n) is 3.37. The standard InChI is InChI=1S/C13H19N3O3/c1-4-10-13(18)16(11(5-2)12(17)14-10)7-9-6-8(3)15-19-9/h6,10-11H,4-5,7H2,1-3H3,(H,14,17). The summed E-state index contributed by atoms with van der Waals surface area (Å²) < 4.78 is 5.14. The number of amides is 2. The highest BCUT2D eigenvalue weighted by Gasteiger charge is 2.39. The second-order valence-electron chi connectivity index (χ2n) is 4.79. The molecule has 1 saturated heterocycles. The number of rotatable bonds is 4.